The van der Waals surface area contributed by atoms with Gasteiger partial charge in [-0.05, 0) is 25.1 Å². The first-order valence-corrected chi connectivity index (χ1v) is 7.81. The van der Waals surface area contributed by atoms with Gasteiger partial charge in [0.1, 0.15) is 0 Å². The molecule has 2 N–H and O–H groups in total. The fourth-order valence-electron chi connectivity index (χ4n) is 1.39. The molecule has 0 saturated carbocycles. The molecule has 0 radical (unpaired) electrons. The molecule has 9 heteroatoms. The number of rotatable bonds is 6. The first kappa shape index (κ1) is 17.4. The van der Waals surface area contributed by atoms with Gasteiger partial charge in [0.2, 0.25) is 15.9 Å². The maximum absolute atomic E-state index is 12.0. The van der Waals surface area contributed by atoms with E-state index in [1.54, 1.807) is 14.0 Å². The number of nitrogens with one attached hydrogen (secondary N) is 1. The summed E-state index contributed by atoms with van der Waals surface area (Å²) in [5.41, 5.74) is -0.197. The van der Waals surface area contributed by atoms with E-state index in [0.717, 1.165) is 18.2 Å². The standard InChI is InChI=1S/C12H15ClN2O5S/c1-3-15(2)11(16)7-14-21(19,20)8-4-5-9(12(17)18)10(13)6-8/h4-6,14H,3,7H2,1-2H3,(H,17,18). The molecule has 1 rings (SSSR count). The van der Waals surface area contributed by atoms with Gasteiger partial charge < -0.3 is 10.0 Å². The molecule has 1 aromatic carbocycles. The first-order valence-electron chi connectivity index (χ1n) is 5.95. The lowest BCUT2D eigenvalue weighted by Crippen LogP contribution is -2.37. The van der Waals surface area contributed by atoms with Gasteiger partial charge in [-0.1, -0.05) is 11.6 Å². The van der Waals surface area contributed by atoms with Crippen LogP contribution in [0.3, 0.4) is 0 Å². The molecule has 7 nitrogen and oxygen atoms in total. The van der Waals surface area contributed by atoms with E-state index in [9.17, 15) is 18.0 Å². The zero-order valence-electron chi connectivity index (χ0n) is 11.5. The van der Waals surface area contributed by atoms with Crippen molar-refractivity contribution in [2.24, 2.45) is 0 Å². The lowest BCUT2D eigenvalue weighted by atomic mass is 10.2. The smallest absolute Gasteiger partial charge is 0.337 e. The van der Waals surface area contributed by atoms with E-state index in [2.05, 4.69) is 4.72 Å². The average molecular weight is 335 g/mol. The molecule has 0 bridgehead atoms. The number of carbonyl (C=O) groups is 2. The summed E-state index contributed by atoms with van der Waals surface area (Å²) in [4.78, 5) is 23.5. The lowest BCUT2D eigenvalue weighted by Gasteiger charge is -2.15. The highest BCUT2D eigenvalue weighted by Gasteiger charge is 2.19. The summed E-state index contributed by atoms with van der Waals surface area (Å²) in [6.45, 7) is 1.83. The summed E-state index contributed by atoms with van der Waals surface area (Å²) in [5, 5.41) is 8.63. The van der Waals surface area contributed by atoms with Crippen molar-refractivity contribution in [3.8, 4) is 0 Å². The van der Waals surface area contributed by atoms with Crippen molar-refractivity contribution in [1.29, 1.82) is 0 Å². The molecule has 21 heavy (non-hydrogen) atoms. The van der Waals surface area contributed by atoms with E-state index in [0.29, 0.717) is 6.54 Å². The minimum Gasteiger partial charge on any atom is -0.478 e. The molecule has 0 fully saturated rings. The number of benzene rings is 1. The number of halogens is 1. The van der Waals surface area contributed by atoms with Crippen LogP contribution >= 0.6 is 11.6 Å². The number of carboxylic acid groups (broad SMARTS) is 1. The van der Waals surface area contributed by atoms with Crippen molar-refractivity contribution in [2.75, 3.05) is 20.1 Å². The zero-order chi connectivity index (χ0) is 16.2. The molecule has 116 valence electrons. The van der Waals surface area contributed by atoms with Gasteiger partial charge in [0, 0.05) is 13.6 Å². The topological polar surface area (TPSA) is 104 Å². The second-order valence-corrected chi connectivity index (χ2v) is 6.35. The highest BCUT2D eigenvalue weighted by molar-refractivity contribution is 7.89. The molecular formula is C12H15ClN2O5S. The van der Waals surface area contributed by atoms with Crippen LogP contribution in [0.5, 0.6) is 0 Å². The summed E-state index contributed by atoms with van der Waals surface area (Å²) in [7, 11) is -2.39. The number of likely N-dealkylation sites (N-methyl/N-ethyl adjacent to an activating group) is 1. The van der Waals surface area contributed by atoms with Crippen LogP contribution in [-0.2, 0) is 14.8 Å². The Bertz CT molecular complexity index is 660. The van der Waals surface area contributed by atoms with Crippen molar-refractivity contribution in [3.05, 3.63) is 28.8 Å². The van der Waals surface area contributed by atoms with E-state index in [4.69, 9.17) is 16.7 Å². The fraction of sp³-hybridized carbons (Fsp3) is 0.333. The SMILES string of the molecule is CCN(C)C(=O)CNS(=O)(=O)c1ccc(C(=O)O)c(Cl)c1. The van der Waals surface area contributed by atoms with Crippen LogP contribution in [0.2, 0.25) is 5.02 Å². The highest BCUT2D eigenvalue weighted by Crippen LogP contribution is 2.20. The van der Waals surface area contributed by atoms with Gasteiger partial charge >= 0.3 is 5.97 Å². The Balaban J connectivity index is 2.91. The normalized spacial score (nSPS) is 11.2. The summed E-state index contributed by atoms with van der Waals surface area (Å²) in [5.74, 6) is -1.63. The highest BCUT2D eigenvalue weighted by atomic mass is 35.5. The Labute approximate surface area is 127 Å². The molecule has 0 aliphatic rings. The third-order valence-corrected chi connectivity index (χ3v) is 4.51. The van der Waals surface area contributed by atoms with Crippen molar-refractivity contribution in [2.45, 2.75) is 11.8 Å². The van der Waals surface area contributed by atoms with Gasteiger partial charge in [-0.15, -0.1) is 0 Å². The molecule has 0 saturated heterocycles. The Morgan fingerprint density at radius 3 is 2.48 bits per heavy atom. The summed E-state index contributed by atoms with van der Waals surface area (Å²) in [6.07, 6.45) is 0. The van der Waals surface area contributed by atoms with E-state index in [1.807, 2.05) is 0 Å². The molecule has 0 aromatic heterocycles. The summed E-state index contributed by atoms with van der Waals surface area (Å²) < 4.78 is 26.1. The van der Waals surface area contributed by atoms with Gasteiger partial charge in [-0.2, -0.15) is 0 Å². The monoisotopic (exact) mass is 334 g/mol. The Morgan fingerprint density at radius 2 is 2.00 bits per heavy atom. The number of nitrogens with zero attached hydrogens (tertiary/aromatic N) is 1. The van der Waals surface area contributed by atoms with Gasteiger partial charge in [-0.3, -0.25) is 4.79 Å². The average Bonchev–Trinajstić information content (AvgIpc) is 2.43. The molecule has 0 unspecified atom stereocenters. The predicted molar refractivity (Wildman–Crippen MR) is 76.9 cm³/mol. The third kappa shape index (κ3) is 4.42. The molecule has 0 spiro atoms. The van der Waals surface area contributed by atoms with Gasteiger partial charge in [0.15, 0.2) is 0 Å². The number of carbonyl (C=O) groups excluding carboxylic acids is 1. The second kappa shape index (κ2) is 6.88. The number of sulfonamides is 1. The van der Waals surface area contributed by atoms with Crippen molar-refractivity contribution in [1.82, 2.24) is 9.62 Å². The van der Waals surface area contributed by atoms with Gasteiger partial charge in [0.05, 0.1) is 22.0 Å². The Morgan fingerprint density at radius 1 is 1.38 bits per heavy atom. The molecule has 0 aliphatic carbocycles. The number of aromatic carboxylic acids is 1. The third-order valence-electron chi connectivity index (χ3n) is 2.79. The van der Waals surface area contributed by atoms with Gasteiger partial charge in [-0.25, -0.2) is 17.9 Å². The Kier molecular flexibility index (Phi) is 5.70. The van der Waals surface area contributed by atoms with Crippen LogP contribution in [0.15, 0.2) is 23.1 Å². The second-order valence-electron chi connectivity index (χ2n) is 4.18. The first-order chi connectivity index (χ1) is 9.69. The van der Waals surface area contributed by atoms with Crippen LogP contribution in [-0.4, -0.2) is 50.4 Å². The van der Waals surface area contributed by atoms with E-state index in [-0.39, 0.29) is 27.9 Å². The van der Waals surface area contributed by atoms with Gasteiger partial charge in [0.25, 0.3) is 0 Å². The number of hydrogen-bond acceptors (Lipinski definition) is 4. The minimum absolute atomic E-state index is 0.192. The Hall–Kier alpha value is -1.64. The summed E-state index contributed by atoms with van der Waals surface area (Å²) >= 11 is 5.72. The van der Waals surface area contributed by atoms with Crippen LogP contribution in [0.1, 0.15) is 17.3 Å². The van der Waals surface area contributed by atoms with Crippen molar-refractivity contribution >= 4 is 33.5 Å². The molecular weight excluding hydrogens is 320 g/mol. The maximum atomic E-state index is 12.0. The van der Waals surface area contributed by atoms with Crippen LogP contribution in [0, 0.1) is 0 Å². The summed E-state index contributed by atoms with van der Waals surface area (Å²) in [6, 6.07) is 3.24. The maximum Gasteiger partial charge on any atom is 0.337 e. The molecule has 1 aromatic rings. The van der Waals surface area contributed by atoms with Crippen molar-refractivity contribution < 1.29 is 23.1 Å². The van der Waals surface area contributed by atoms with Crippen LogP contribution in [0.4, 0.5) is 0 Å². The largest absolute Gasteiger partial charge is 0.478 e. The number of carboxylic acids is 1. The lowest BCUT2D eigenvalue weighted by molar-refractivity contribution is -0.128. The number of hydrogen-bond donors (Lipinski definition) is 2. The van der Waals surface area contributed by atoms with E-state index in [1.165, 1.54) is 4.90 Å². The van der Waals surface area contributed by atoms with E-state index < -0.39 is 16.0 Å². The fourth-order valence-corrected chi connectivity index (χ4v) is 2.71. The van der Waals surface area contributed by atoms with Crippen LogP contribution < -0.4 is 4.72 Å². The van der Waals surface area contributed by atoms with Crippen LogP contribution in [0.25, 0.3) is 0 Å². The predicted octanol–water partition coefficient (Wildman–Crippen LogP) is 0.795. The van der Waals surface area contributed by atoms with E-state index >= 15 is 0 Å². The molecule has 0 atom stereocenters. The van der Waals surface area contributed by atoms with Crippen molar-refractivity contribution in [3.63, 3.8) is 0 Å². The zero-order valence-corrected chi connectivity index (χ0v) is 13.0. The molecule has 1 amide bonds. The quantitative estimate of drug-likeness (QED) is 0.800. The molecule has 0 aliphatic heterocycles. The number of amides is 1. The minimum atomic E-state index is -3.94. The molecule has 0 heterocycles.